The van der Waals surface area contributed by atoms with Crippen LogP contribution in [0.15, 0.2) is 36.5 Å². The summed E-state index contributed by atoms with van der Waals surface area (Å²) in [6.07, 6.45) is 3.99. The number of ether oxygens (including phenoxy) is 1. The van der Waals surface area contributed by atoms with Crippen LogP contribution in [-0.2, 0) is 0 Å². The van der Waals surface area contributed by atoms with Crippen molar-refractivity contribution in [3.8, 4) is 5.88 Å². The Morgan fingerprint density at radius 3 is 3.15 bits per heavy atom. The predicted octanol–water partition coefficient (Wildman–Crippen LogP) is 1.37. The molecule has 9 heteroatoms. The number of nitrogens with zero attached hydrogens (tertiary/aromatic N) is 4. The fourth-order valence-electron chi connectivity index (χ4n) is 3.11. The van der Waals surface area contributed by atoms with E-state index in [2.05, 4.69) is 31.0 Å². The normalized spacial score (nSPS) is 17.0. The number of pyridine rings is 2. The monoisotopic (exact) mass is 368 g/mol. The topological polar surface area (TPSA) is 114 Å². The second-order valence-corrected chi connectivity index (χ2v) is 6.45. The van der Waals surface area contributed by atoms with Crippen LogP contribution in [0.2, 0.25) is 0 Å². The van der Waals surface area contributed by atoms with E-state index in [9.17, 15) is 0 Å². The fraction of sp³-hybridized carbons (Fsp3) is 0.389. The highest BCUT2D eigenvalue weighted by Crippen LogP contribution is 2.20. The smallest absolute Gasteiger partial charge is 0.247 e. The molecule has 4 heterocycles. The first-order valence-electron chi connectivity index (χ1n) is 9.21. The van der Waals surface area contributed by atoms with Crippen molar-refractivity contribution < 1.29 is 4.74 Å². The molecular weight excluding hydrogens is 344 g/mol. The van der Waals surface area contributed by atoms with Crippen LogP contribution in [0.25, 0.3) is 5.65 Å². The molecule has 1 atom stereocenters. The maximum Gasteiger partial charge on any atom is 0.247 e. The Kier molecular flexibility index (Phi) is 5.31. The minimum atomic E-state index is 0.396. The van der Waals surface area contributed by atoms with Crippen LogP contribution in [0.3, 0.4) is 0 Å². The van der Waals surface area contributed by atoms with Gasteiger partial charge in [0.1, 0.15) is 12.4 Å². The Labute approximate surface area is 157 Å². The van der Waals surface area contributed by atoms with E-state index in [1.165, 1.54) is 6.42 Å². The van der Waals surface area contributed by atoms with Gasteiger partial charge in [-0.05, 0) is 37.6 Å². The quantitative estimate of drug-likeness (QED) is 0.494. The van der Waals surface area contributed by atoms with E-state index < -0.39 is 0 Å². The van der Waals surface area contributed by atoms with E-state index in [1.807, 2.05) is 28.8 Å². The number of rotatable bonds is 7. The highest BCUT2D eigenvalue weighted by Gasteiger charge is 2.15. The van der Waals surface area contributed by atoms with E-state index in [0.29, 0.717) is 31.0 Å². The van der Waals surface area contributed by atoms with Crippen LogP contribution in [0.4, 0.5) is 17.5 Å². The molecule has 27 heavy (non-hydrogen) atoms. The van der Waals surface area contributed by atoms with Gasteiger partial charge in [0.05, 0.1) is 0 Å². The first-order chi connectivity index (χ1) is 13.3. The lowest BCUT2D eigenvalue weighted by molar-refractivity contribution is 0.316. The molecule has 1 aliphatic rings. The van der Waals surface area contributed by atoms with Gasteiger partial charge in [0, 0.05) is 37.1 Å². The first-order valence-corrected chi connectivity index (χ1v) is 9.21. The van der Waals surface area contributed by atoms with Crippen molar-refractivity contribution in [2.24, 2.45) is 5.73 Å². The number of nitrogens with two attached hydrogens (primary N) is 1. The first kappa shape index (κ1) is 17.5. The summed E-state index contributed by atoms with van der Waals surface area (Å²) in [6, 6.07) is 9.97. The predicted molar refractivity (Wildman–Crippen MR) is 105 cm³/mol. The Bertz CT molecular complexity index is 890. The van der Waals surface area contributed by atoms with Gasteiger partial charge in [-0.2, -0.15) is 9.50 Å². The number of fused-ring (bicyclic) bond motifs is 1. The molecule has 9 nitrogen and oxygen atoms in total. The number of hydrogen-bond donors (Lipinski definition) is 4. The van der Waals surface area contributed by atoms with Gasteiger partial charge in [0.2, 0.25) is 11.8 Å². The zero-order valence-electron chi connectivity index (χ0n) is 15.1. The Morgan fingerprint density at radius 1 is 1.33 bits per heavy atom. The van der Waals surface area contributed by atoms with Gasteiger partial charge in [-0.25, -0.2) is 4.98 Å². The lowest BCUT2D eigenvalue weighted by atomic mass is 10.1. The highest BCUT2D eigenvalue weighted by atomic mass is 16.5. The number of aromatic nitrogens is 4. The van der Waals surface area contributed by atoms with Gasteiger partial charge in [0.25, 0.3) is 0 Å². The standard InChI is InChI=1S/C18H24N8O/c19-7-10-27-17-11-13(6-9-21-17)23-18-24-16-5-1-4-15(26(16)25-18)22-14-3-2-8-20-12-14/h1,4-6,9,11,14,20,22H,2-3,7-8,10,12,19H2,(H,21,23,25)/t14-/m0/s1. The van der Waals surface area contributed by atoms with E-state index in [4.69, 9.17) is 10.5 Å². The molecule has 1 saturated heterocycles. The van der Waals surface area contributed by atoms with Crippen LogP contribution in [0.5, 0.6) is 5.88 Å². The number of nitrogens with one attached hydrogen (secondary N) is 3. The fourth-order valence-corrected chi connectivity index (χ4v) is 3.11. The minimum Gasteiger partial charge on any atom is -0.476 e. The Hall–Kier alpha value is -2.91. The molecule has 3 aromatic heterocycles. The maximum atomic E-state index is 5.46. The second-order valence-electron chi connectivity index (χ2n) is 6.45. The van der Waals surface area contributed by atoms with Crippen LogP contribution in [0.1, 0.15) is 12.8 Å². The lowest BCUT2D eigenvalue weighted by Gasteiger charge is -2.24. The van der Waals surface area contributed by atoms with Crippen molar-refractivity contribution in [3.63, 3.8) is 0 Å². The molecule has 0 amide bonds. The third-order valence-electron chi connectivity index (χ3n) is 4.37. The largest absolute Gasteiger partial charge is 0.476 e. The van der Waals surface area contributed by atoms with Gasteiger partial charge < -0.3 is 26.4 Å². The SMILES string of the molecule is NCCOc1cc(Nc2nc3cccc(N[C@H]4CCCNC4)n3n2)ccn1. The average Bonchev–Trinajstić information content (AvgIpc) is 3.11. The van der Waals surface area contributed by atoms with Gasteiger partial charge in [0.15, 0.2) is 5.65 Å². The molecule has 0 radical (unpaired) electrons. The van der Waals surface area contributed by atoms with Crippen molar-refractivity contribution in [2.75, 3.05) is 36.9 Å². The van der Waals surface area contributed by atoms with Crippen molar-refractivity contribution in [1.82, 2.24) is 24.9 Å². The van der Waals surface area contributed by atoms with Crippen molar-refractivity contribution in [2.45, 2.75) is 18.9 Å². The minimum absolute atomic E-state index is 0.396. The van der Waals surface area contributed by atoms with Gasteiger partial charge >= 0.3 is 0 Å². The molecular formula is C18H24N8O. The molecule has 0 aliphatic carbocycles. The third kappa shape index (κ3) is 4.26. The van der Waals surface area contributed by atoms with E-state index in [-0.39, 0.29) is 0 Å². The zero-order chi connectivity index (χ0) is 18.5. The van der Waals surface area contributed by atoms with E-state index in [1.54, 1.807) is 12.3 Å². The molecule has 0 unspecified atom stereocenters. The molecule has 142 valence electrons. The molecule has 0 spiro atoms. The zero-order valence-corrected chi connectivity index (χ0v) is 15.1. The molecule has 1 aliphatic heterocycles. The van der Waals surface area contributed by atoms with Crippen molar-refractivity contribution >= 4 is 23.1 Å². The highest BCUT2D eigenvalue weighted by molar-refractivity contribution is 5.58. The summed E-state index contributed by atoms with van der Waals surface area (Å²) in [6.45, 7) is 2.91. The molecule has 0 saturated carbocycles. The van der Waals surface area contributed by atoms with Gasteiger partial charge in [-0.3, -0.25) is 0 Å². The average molecular weight is 368 g/mol. The number of piperidine rings is 1. The second kappa shape index (κ2) is 8.19. The van der Waals surface area contributed by atoms with Crippen molar-refractivity contribution in [1.29, 1.82) is 0 Å². The maximum absolute atomic E-state index is 5.46. The van der Waals surface area contributed by atoms with Crippen LogP contribution in [0, 0.1) is 0 Å². The van der Waals surface area contributed by atoms with E-state index in [0.717, 1.165) is 36.7 Å². The van der Waals surface area contributed by atoms with Crippen LogP contribution >= 0.6 is 0 Å². The van der Waals surface area contributed by atoms with E-state index >= 15 is 0 Å². The Balaban J connectivity index is 1.52. The van der Waals surface area contributed by atoms with Crippen LogP contribution < -0.4 is 26.4 Å². The molecule has 5 N–H and O–H groups in total. The summed E-state index contributed by atoms with van der Waals surface area (Å²) in [5.74, 6) is 1.96. The summed E-state index contributed by atoms with van der Waals surface area (Å²) in [7, 11) is 0. The van der Waals surface area contributed by atoms with Crippen molar-refractivity contribution in [3.05, 3.63) is 36.5 Å². The number of anilines is 3. The summed E-state index contributed by atoms with van der Waals surface area (Å²) in [5, 5.41) is 14.8. The summed E-state index contributed by atoms with van der Waals surface area (Å²) in [5.41, 5.74) is 7.04. The molecule has 1 fully saturated rings. The summed E-state index contributed by atoms with van der Waals surface area (Å²) >= 11 is 0. The molecule has 0 bridgehead atoms. The Morgan fingerprint density at radius 2 is 2.30 bits per heavy atom. The number of hydrogen-bond acceptors (Lipinski definition) is 8. The summed E-state index contributed by atoms with van der Waals surface area (Å²) in [4.78, 5) is 8.72. The lowest BCUT2D eigenvalue weighted by Crippen LogP contribution is -2.38. The van der Waals surface area contributed by atoms with Gasteiger partial charge in [-0.1, -0.05) is 6.07 Å². The summed E-state index contributed by atoms with van der Waals surface area (Å²) < 4.78 is 7.28. The van der Waals surface area contributed by atoms with Crippen LogP contribution in [-0.4, -0.2) is 51.9 Å². The molecule has 4 rings (SSSR count). The molecule has 0 aromatic carbocycles. The van der Waals surface area contributed by atoms with Gasteiger partial charge in [-0.15, -0.1) is 5.10 Å². The third-order valence-corrected chi connectivity index (χ3v) is 4.37. The molecule has 3 aromatic rings.